The van der Waals surface area contributed by atoms with E-state index in [2.05, 4.69) is 38.0 Å². The van der Waals surface area contributed by atoms with E-state index in [0.29, 0.717) is 10.4 Å². The maximum atomic E-state index is 10.5. The third kappa shape index (κ3) is 2.99. The molecule has 1 aromatic carbocycles. The van der Waals surface area contributed by atoms with Crippen molar-refractivity contribution in [2.75, 3.05) is 0 Å². The molecule has 0 atom stereocenters. The normalized spacial score (nSPS) is 10.4. The molecule has 0 saturated heterocycles. The van der Waals surface area contributed by atoms with E-state index in [4.69, 9.17) is 5.11 Å². The van der Waals surface area contributed by atoms with E-state index < -0.39 is 5.97 Å². The summed E-state index contributed by atoms with van der Waals surface area (Å²) in [6.45, 7) is 0. The summed E-state index contributed by atoms with van der Waals surface area (Å²) >= 11 is 2.14. The third-order valence-electron chi connectivity index (χ3n) is 2.13. The zero-order valence-corrected chi connectivity index (χ0v) is 10.9. The predicted octanol–water partition coefficient (Wildman–Crippen LogP) is 1.36. The van der Waals surface area contributed by atoms with Gasteiger partial charge in [0.05, 0.1) is 6.42 Å². The van der Waals surface area contributed by atoms with Crippen LogP contribution in [0.25, 0.3) is 11.4 Å². The quantitative estimate of drug-likeness (QED) is 0.669. The van der Waals surface area contributed by atoms with Gasteiger partial charge in [-0.05, 0) is 10.8 Å². The number of aromatic nitrogens is 4. The van der Waals surface area contributed by atoms with Gasteiger partial charge in [-0.3, -0.25) is 4.79 Å². The first-order chi connectivity index (χ1) is 8.19. The number of halogens is 1. The molecule has 0 radical (unpaired) electrons. The lowest BCUT2D eigenvalue weighted by molar-refractivity contribution is -0.136. The van der Waals surface area contributed by atoms with Crippen LogP contribution < -0.4 is 0 Å². The molecule has 0 fully saturated rings. The first kappa shape index (κ1) is 12.0. The number of hydrogen-bond acceptors (Lipinski definition) is 4. The summed E-state index contributed by atoms with van der Waals surface area (Å²) < 4.78 is 0.641. The number of alkyl halides is 1. The number of hydrogen-bond donors (Lipinski definition) is 1. The third-order valence-corrected chi connectivity index (χ3v) is 2.74. The fourth-order valence-corrected chi connectivity index (χ4v) is 1.64. The van der Waals surface area contributed by atoms with Crippen molar-refractivity contribution in [3.05, 3.63) is 29.8 Å². The number of carboxylic acids is 1. The van der Waals surface area contributed by atoms with Crippen LogP contribution >= 0.6 is 22.6 Å². The molecule has 0 amide bonds. The van der Waals surface area contributed by atoms with Crippen molar-refractivity contribution in [1.29, 1.82) is 0 Å². The Morgan fingerprint density at radius 2 is 2.06 bits per heavy atom. The van der Waals surface area contributed by atoms with Gasteiger partial charge in [-0.1, -0.05) is 46.9 Å². The van der Waals surface area contributed by atoms with Crippen molar-refractivity contribution in [3.8, 4) is 11.4 Å². The number of benzene rings is 1. The van der Waals surface area contributed by atoms with E-state index in [0.717, 1.165) is 11.1 Å². The van der Waals surface area contributed by atoms with Crippen molar-refractivity contribution in [2.45, 2.75) is 11.0 Å². The topological polar surface area (TPSA) is 80.9 Å². The van der Waals surface area contributed by atoms with E-state index in [1.807, 2.05) is 0 Å². The Hall–Kier alpha value is -1.51. The van der Waals surface area contributed by atoms with Crippen molar-refractivity contribution in [3.63, 3.8) is 0 Å². The highest BCUT2D eigenvalue weighted by Crippen LogP contribution is 2.14. The van der Waals surface area contributed by atoms with Crippen LogP contribution in [0.15, 0.2) is 24.3 Å². The van der Waals surface area contributed by atoms with E-state index in [1.165, 1.54) is 4.80 Å². The molecule has 6 nitrogen and oxygen atoms in total. The highest BCUT2D eigenvalue weighted by molar-refractivity contribution is 14.1. The second-order valence-electron chi connectivity index (χ2n) is 3.37. The Morgan fingerprint density at radius 1 is 1.35 bits per heavy atom. The highest BCUT2D eigenvalue weighted by atomic mass is 127. The summed E-state index contributed by atoms with van der Waals surface area (Å²) in [7, 11) is 0. The van der Waals surface area contributed by atoms with Gasteiger partial charge in [-0.25, -0.2) is 0 Å². The van der Waals surface area contributed by atoms with Gasteiger partial charge in [0, 0.05) is 5.56 Å². The first-order valence-corrected chi connectivity index (χ1v) is 6.36. The average molecular weight is 344 g/mol. The monoisotopic (exact) mass is 344 g/mol. The molecule has 0 bridgehead atoms. The molecule has 1 N–H and O–H groups in total. The molecular weight excluding hydrogens is 335 g/mol. The number of tetrazole rings is 1. The Morgan fingerprint density at radius 3 is 2.59 bits per heavy atom. The molecule has 1 aromatic heterocycles. The number of rotatable bonds is 4. The van der Waals surface area contributed by atoms with Crippen molar-refractivity contribution in [1.82, 2.24) is 20.2 Å². The van der Waals surface area contributed by atoms with Crippen molar-refractivity contribution < 1.29 is 9.90 Å². The predicted molar refractivity (Wildman–Crippen MR) is 68.6 cm³/mol. The summed E-state index contributed by atoms with van der Waals surface area (Å²) in [5.74, 6) is -0.296. The van der Waals surface area contributed by atoms with Crippen LogP contribution in [0.2, 0.25) is 0 Å². The molecule has 0 unspecified atom stereocenters. The minimum atomic E-state index is -0.841. The van der Waals surface area contributed by atoms with Gasteiger partial charge in [0.25, 0.3) is 0 Å². The molecule has 88 valence electrons. The highest BCUT2D eigenvalue weighted by Gasteiger charge is 2.06. The average Bonchev–Trinajstić information content (AvgIpc) is 2.78. The van der Waals surface area contributed by atoms with E-state index in [1.54, 1.807) is 24.3 Å². The largest absolute Gasteiger partial charge is 0.481 e. The number of carbonyl (C=O) groups is 1. The molecule has 7 heteroatoms. The number of aliphatic carboxylic acids is 1. The zero-order chi connectivity index (χ0) is 12.3. The summed E-state index contributed by atoms with van der Waals surface area (Å²) in [6, 6.07) is 7.11. The smallest absolute Gasteiger partial charge is 0.307 e. The van der Waals surface area contributed by atoms with E-state index >= 15 is 0 Å². The van der Waals surface area contributed by atoms with Crippen LogP contribution in [-0.4, -0.2) is 31.3 Å². The summed E-state index contributed by atoms with van der Waals surface area (Å²) in [5, 5.41) is 20.6. The molecule has 1 heterocycles. The second kappa shape index (κ2) is 5.21. The molecule has 2 rings (SSSR count). The van der Waals surface area contributed by atoms with Gasteiger partial charge in [0.2, 0.25) is 5.82 Å². The minimum absolute atomic E-state index is 0.0220. The molecule has 17 heavy (non-hydrogen) atoms. The Kier molecular flexibility index (Phi) is 3.67. The zero-order valence-electron chi connectivity index (χ0n) is 8.75. The Labute approximate surface area is 111 Å². The molecule has 0 aliphatic heterocycles. The van der Waals surface area contributed by atoms with Crippen LogP contribution in [0.3, 0.4) is 0 Å². The van der Waals surface area contributed by atoms with Crippen LogP contribution in [0.5, 0.6) is 0 Å². The van der Waals surface area contributed by atoms with Crippen molar-refractivity contribution >= 4 is 28.6 Å². The minimum Gasteiger partial charge on any atom is -0.481 e. The van der Waals surface area contributed by atoms with E-state index in [9.17, 15) is 4.79 Å². The van der Waals surface area contributed by atoms with Gasteiger partial charge in [0.15, 0.2) is 0 Å². The summed E-state index contributed by atoms with van der Waals surface area (Å²) in [4.78, 5) is 12.0. The molecular formula is C10H9IN4O2. The standard InChI is InChI=1S/C10H9IN4O2/c11-6-15-13-10(12-14-15)8-3-1-7(2-4-8)5-9(16)17/h1-4H,5-6H2,(H,16,17). The lowest BCUT2D eigenvalue weighted by atomic mass is 10.1. The van der Waals surface area contributed by atoms with E-state index in [-0.39, 0.29) is 6.42 Å². The van der Waals surface area contributed by atoms with Crippen LogP contribution in [0, 0.1) is 0 Å². The van der Waals surface area contributed by atoms with Gasteiger partial charge in [0.1, 0.15) is 4.55 Å². The van der Waals surface area contributed by atoms with Crippen LogP contribution in [0.4, 0.5) is 0 Å². The van der Waals surface area contributed by atoms with Gasteiger partial charge in [-0.15, -0.1) is 10.2 Å². The Bertz CT molecular complexity index is 523. The lowest BCUT2D eigenvalue weighted by Crippen LogP contribution is -1.99. The van der Waals surface area contributed by atoms with Gasteiger partial charge < -0.3 is 5.11 Å². The van der Waals surface area contributed by atoms with Crippen molar-refractivity contribution in [2.24, 2.45) is 0 Å². The Balaban J connectivity index is 2.19. The fourth-order valence-electron chi connectivity index (χ4n) is 1.36. The first-order valence-electron chi connectivity index (χ1n) is 4.84. The van der Waals surface area contributed by atoms with Crippen LogP contribution in [0.1, 0.15) is 5.56 Å². The van der Waals surface area contributed by atoms with Gasteiger partial charge in [-0.2, -0.15) is 4.80 Å². The molecule has 2 aromatic rings. The molecule has 0 aliphatic rings. The lowest BCUT2D eigenvalue weighted by Gasteiger charge is -1.98. The maximum absolute atomic E-state index is 10.5. The second-order valence-corrected chi connectivity index (χ2v) is 4.05. The summed E-state index contributed by atoms with van der Waals surface area (Å²) in [5.41, 5.74) is 1.58. The fraction of sp³-hybridized carbons (Fsp3) is 0.200. The summed E-state index contributed by atoms with van der Waals surface area (Å²) in [6.07, 6.45) is 0.0220. The molecule has 0 spiro atoms. The van der Waals surface area contributed by atoms with Crippen LogP contribution in [-0.2, 0) is 15.8 Å². The number of nitrogens with zero attached hydrogens (tertiary/aromatic N) is 4. The SMILES string of the molecule is O=C(O)Cc1ccc(-c2nnn(CI)n2)cc1. The molecule has 0 aliphatic carbocycles. The maximum Gasteiger partial charge on any atom is 0.307 e. The van der Waals surface area contributed by atoms with Gasteiger partial charge >= 0.3 is 5.97 Å². The molecule has 0 saturated carbocycles. The number of carboxylic acid groups (broad SMARTS) is 1.